The molecule has 2 saturated heterocycles. The molecule has 1 unspecified atom stereocenters. The van der Waals surface area contributed by atoms with Crippen molar-refractivity contribution in [3.05, 3.63) is 59.4 Å². The molecule has 8 nitrogen and oxygen atoms in total. The monoisotopic (exact) mass is 436 g/mol. The van der Waals surface area contributed by atoms with Gasteiger partial charge in [0.15, 0.2) is 0 Å². The topological polar surface area (TPSA) is 91.8 Å². The van der Waals surface area contributed by atoms with Crippen molar-refractivity contribution in [2.45, 2.75) is 38.1 Å². The van der Waals surface area contributed by atoms with E-state index in [0.29, 0.717) is 19.4 Å². The summed E-state index contributed by atoms with van der Waals surface area (Å²) in [5, 5.41) is 2.49. The largest absolute Gasteiger partial charge is 0.497 e. The maximum atomic E-state index is 12.8. The zero-order chi connectivity index (χ0) is 22.5. The highest BCUT2D eigenvalue weighted by Crippen LogP contribution is 2.31. The Kier molecular flexibility index (Phi) is 6.68. The number of amides is 4. The third-order valence-electron chi connectivity index (χ3n) is 6.04. The van der Waals surface area contributed by atoms with Crippen LogP contribution in [-0.4, -0.2) is 59.4 Å². The van der Waals surface area contributed by atoms with E-state index in [-0.39, 0.29) is 37.0 Å². The smallest absolute Gasteiger partial charge is 0.324 e. The Bertz CT molecular complexity index is 958. The molecule has 168 valence electrons. The highest BCUT2D eigenvalue weighted by atomic mass is 16.5. The van der Waals surface area contributed by atoms with Crippen LogP contribution >= 0.6 is 0 Å². The fourth-order valence-electron chi connectivity index (χ4n) is 4.30. The number of rotatable bonds is 8. The van der Waals surface area contributed by atoms with Crippen LogP contribution in [0, 0.1) is 0 Å². The Morgan fingerprint density at radius 2 is 1.94 bits per heavy atom. The molecule has 2 fully saturated rings. The summed E-state index contributed by atoms with van der Waals surface area (Å²) in [6.45, 7) is 1.02. The number of imide groups is 1. The number of carbonyl (C=O) groups is 3. The van der Waals surface area contributed by atoms with E-state index in [0.717, 1.165) is 36.3 Å². The first kappa shape index (κ1) is 21.8. The number of pyridine rings is 1. The van der Waals surface area contributed by atoms with Gasteiger partial charge in [-0.3, -0.25) is 19.5 Å². The van der Waals surface area contributed by atoms with Gasteiger partial charge in [0.2, 0.25) is 11.8 Å². The molecule has 0 radical (unpaired) electrons. The van der Waals surface area contributed by atoms with E-state index in [9.17, 15) is 14.4 Å². The lowest BCUT2D eigenvalue weighted by Gasteiger charge is -2.25. The fraction of sp³-hybridized carbons (Fsp3) is 0.417. The Morgan fingerprint density at radius 3 is 2.59 bits per heavy atom. The maximum Gasteiger partial charge on any atom is 0.324 e. The molecular weight excluding hydrogens is 408 g/mol. The molecule has 4 amide bonds. The van der Waals surface area contributed by atoms with Gasteiger partial charge in [0.1, 0.15) is 5.75 Å². The van der Waals surface area contributed by atoms with Gasteiger partial charge in [-0.25, -0.2) is 4.79 Å². The van der Waals surface area contributed by atoms with E-state index in [1.807, 2.05) is 41.4 Å². The minimum absolute atomic E-state index is 0.0192. The maximum absolute atomic E-state index is 12.8. The second-order valence-electron chi connectivity index (χ2n) is 8.17. The van der Waals surface area contributed by atoms with E-state index in [4.69, 9.17) is 4.74 Å². The summed E-state index contributed by atoms with van der Waals surface area (Å²) < 4.78 is 5.20. The lowest BCUT2D eigenvalue weighted by atomic mass is 10.0. The van der Waals surface area contributed by atoms with Crippen LogP contribution in [0.25, 0.3) is 0 Å². The van der Waals surface area contributed by atoms with Crippen molar-refractivity contribution >= 4 is 17.8 Å². The van der Waals surface area contributed by atoms with Gasteiger partial charge in [0.05, 0.1) is 25.4 Å². The summed E-state index contributed by atoms with van der Waals surface area (Å²) in [5.41, 5.74) is 3.20. The highest BCUT2D eigenvalue weighted by molar-refractivity contribution is 6.01. The van der Waals surface area contributed by atoms with E-state index in [2.05, 4.69) is 16.4 Å². The Morgan fingerprint density at radius 1 is 1.16 bits per heavy atom. The summed E-state index contributed by atoms with van der Waals surface area (Å²) in [7, 11) is 1.65. The van der Waals surface area contributed by atoms with Gasteiger partial charge in [-0.1, -0.05) is 18.2 Å². The second kappa shape index (κ2) is 9.80. The molecule has 2 aromatic rings. The average molecular weight is 437 g/mol. The quantitative estimate of drug-likeness (QED) is 0.643. The number of benzene rings is 1. The summed E-state index contributed by atoms with van der Waals surface area (Å²) in [5.74, 6) is 0.646. The number of ether oxygens (including phenoxy) is 1. The lowest BCUT2D eigenvalue weighted by Crippen LogP contribution is -2.34. The van der Waals surface area contributed by atoms with Crippen molar-refractivity contribution in [1.82, 2.24) is 20.1 Å². The molecule has 0 spiro atoms. The SMILES string of the molecule is COc1ccc(Cc2ccc(C3CCCN3C(=O)CCCN3C(=O)CNC3=O)nc2)cc1. The van der Waals surface area contributed by atoms with Crippen molar-refractivity contribution in [1.29, 1.82) is 0 Å². The van der Waals surface area contributed by atoms with Crippen LogP contribution in [0.4, 0.5) is 4.79 Å². The number of nitrogens with one attached hydrogen (secondary N) is 1. The zero-order valence-electron chi connectivity index (χ0n) is 18.3. The average Bonchev–Trinajstić information content (AvgIpc) is 3.42. The number of hydrogen-bond donors (Lipinski definition) is 1. The summed E-state index contributed by atoms with van der Waals surface area (Å²) in [6.07, 6.45) is 5.28. The molecule has 0 aliphatic carbocycles. The molecule has 0 bridgehead atoms. The number of nitrogens with zero attached hydrogens (tertiary/aromatic N) is 3. The standard InChI is InChI=1S/C24H28N4O4/c1-32-19-9-6-17(7-10-19)14-18-8-11-20(25-15-18)21-4-2-12-27(21)22(29)5-3-13-28-23(30)16-26-24(28)31/h6-11,15,21H,2-5,12-14,16H2,1H3,(H,26,31). The number of aromatic nitrogens is 1. The summed E-state index contributed by atoms with van der Waals surface area (Å²) in [4.78, 5) is 43.8. The molecular formula is C24H28N4O4. The number of likely N-dealkylation sites (tertiary alicyclic amines) is 1. The predicted molar refractivity (Wildman–Crippen MR) is 118 cm³/mol. The van der Waals surface area contributed by atoms with E-state index < -0.39 is 0 Å². The van der Waals surface area contributed by atoms with Crippen LogP contribution in [-0.2, 0) is 16.0 Å². The molecule has 2 aliphatic heterocycles. The summed E-state index contributed by atoms with van der Waals surface area (Å²) in [6, 6.07) is 11.7. The Hall–Kier alpha value is -3.42. The Labute approximate surface area is 187 Å². The van der Waals surface area contributed by atoms with Gasteiger partial charge in [-0.15, -0.1) is 0 Å². The molecule has 1 atom stereocenters. The number of carbonyl (C=O) groups excluding carboxylic acids is 3. The van der Waals surface area contributed by atoms with Gasteiger partial charge in [0.25, 0.3) is 0 Å². The molecule has 32 heavy (non-hydrogen) atoms. The third-order valence-corrected chi connectivity index (χ3v) is 6.04. The molecule has 3 heterocycles. The van der Waals surface area contributed by atoms with Crippen LogP contribution in [0.3, 0.4) is 0 Å². The number of urea groups is 1. The first-order chi connectivity index (χ1) is 15.5. The van der Waals surface area contributed by atoms with Crippen LogP contribution < -0.4 is 10.1 Å². The molecule has 1 aromatic carbocycles. The molecule has 1 N–H and O–H groups in total. The fourth-order valence-corrected chi connectivity index (χ4v) is 4.30. The predicted octanol–water partition coefficient (Wildman–Crippen LogP) is 2.68. The normalized spacial score (nSPS) is 18.2. The van der Waals surface area contributed by atoms with E-state index >= 15 is 0 Å². The van der Waals surface area contributed by atoms with Crippen LogP contribution in [0.1, 0.15) is 48.5 Å². The van der Waals surface area contributed by atoms with E-state index in [1.165, 1.54) is 10.5 Å². The number of methoxy groups -OCH3 is 1. The van der Waals surface area contributed by atoms with Gasteiger partial charge >= 0.3 is 6.03 Å². The molecule has 8 heteroatoms. The highest BCUT2D eigenvalue weighted by Gasteiger charge is 2.32. The first-order valence-corrected chi connectivity index (χ1v) is 11.0. The van der Waals surface area contributed by atoms with Gasteiger partial charge in [-0.05, 0) is 55.0 Å². The van der Waals surface area contributed by atoms with Crippen LogP contribution in [0.2, 0.25) is 0 Å². The lowest BCUT2D eigenvalue weighted by molar-refractivity contribution is -0.133. The van der Waals surface area contributed by atoms with Crippen LogP contribution in [0.15, 0.2) is 42.6 Å². The van der Waals surface area contributed by atoms with Crippen LogP contribution in [0.5, 0.6) is 5.75 Å². The second-order valence-corrected chi connectivity index (χ2v) is 8.17. The molecule has 1 aromatic heterocycles. The van der Waals surface area contributed by atoms with Crippen molar-refractivity contribution < 1.29 is 19.1 Å². The zero-order valence-corrected chi connectivity index (χ0v) is 18.3. The Balaban J connectivity index is 1.32. The molecule has 4 rings (SSSR count). The van der Waals surface area contributed by atoms with Crippen molar-refractivity contribution in [3.8, 4) is 5.75 Å². The number of hydrogen-bond acceptors (Lipinski definition) is 5. The van der Waals surface area contributed by atoms with Crippen molar-refractivity contribution in [3.63, 3.8) is 0 Å². The summed E-state index contributed by atoms with van der Waals surface area (Å²) >= 11 is 0. The van der Waals surface area contributed by atoms with Gasteiger partial charge in [0, 0.05) is 25.7 Å². The van der Waals surface area contributed by atoms with E-state index in [1.54, 1.807) is 7.11 Å². The minimum Gasteiger partial charge on any atom is -0.497 e. The molecule has 2 aliphatic rings. The minimum atomic E-state index is -0.375. The third kappa shape index (κ3) is 4.90. The van der Waals surface area contributed by atoms with Gasteiger partial charge < -0.3 is 15.0 Å². The van der Waals surface area contributed by atoms with Gasteiger partial charge in [-0.2, -0.15) is 0 Å². The first-order valence-electron chi connectivity index (χ1n) is 11.0. The molecule has 0 saturated carbocycles. The van der Waals surface area contributed by atoms with Crippen molar-refractivity contribution in [2.24, 2.45) is 0 Å². The van der Waals surface area contributed by atoms with Crippen molar-refractivity contribution in [2.75, 3.05) is 26.7 Å².